The molecule has 64 heavy (non-hydrogen) atoms. The van der Waals surface area contributed by atoms with E-state index in [2.05, 4.69) is 69.7 Å². The number of fused-ring (bicyclic) bond motifs is 6. The van der Waals surface area contributed by atoms with E-state index in [0.29, 0.717) is 25.2 Å². The summed E-state index contributed by atoms with van der Waals surface area (Å²) >= 11 is 0. The Morgan fingerprint density at radius 3 is 2.06 bits per heavy atom. The van der Waals surface area contributed by atoms with Crippen molar-refractivity contribution < 1.29 is 28.7 Å². The summed E-state index contributed by atoms with van der Waals surface area (Å²) < 4.78 is 9.72. The number of carbonyl (C=O) groups excluding carboxylic acids is 4. The second-order valence-electron chi connectivity index (χ2n) is 18.6. The molecular weight excluding hydrogens is 811 g/mol. The van der Waals surface area contributed by atoms with Crippen LogP contribution in [-0.2, 0) is 23.9 Å². The Hall–Kier alpha value is -6.09. The fourth-order valence-electron chi connectivity index (χ4n) is 10.8. The first kappa shape index (κ1) is 43.2. The average Bonchev–Trinajstić information content (AvgIpc) is 4.17. The summed E-state index contributed by atoms with van der Waals surface area (Å²) in [6.07, 6.45) is 8.64. The number of pyridine rings is 1. The Morgan fingerprint density at radius 1 is 0.734 bits per heavy atom. The Kier molecular flexibility index (Phi) is 11.8. The third-order valence-electron chi connectivity index (χ3n) is 14.2. The summed E-state index contributed by atoms with van der Waals surface area (Å²) in [6.45, 7) is 8.99. The minimum absolute atomic E-state index is 0.00363. The fraction of sp³-hybridized carbons (Fsp3) is 0.490. The van der Waals surface area contributed by atoms with Crippen molar-refractivity contribution in [2.24, 2.45) is 17.8 Å². The molecule has 4 aliphatic heterocycles. The van der Waals surface area contributed by atoms with Crippen LogP contribution in [0.15, 0.2) is 54.9 Å². The Bertz CT molecular complexity index is 2580. The summed E-state index contributed by atoms with van der Waals surface area (Å²) in [7, 11) is 4.89. The quantitative estimate of drug-likeness (QED) is 0.104. The third kappa shape index (κ3) is 7.71. The standard InChI is InChI=1S/C49H59N9O6/c1-26(2)32(23-41(59)63-6)47(60)57-20-8-10-39(57)45-51-25-36(54-45)29-13-16-33(50-24-29)31-15-14-30(42-37-18-19-38(43(31)42)56(37)5)28-12-17-34-35(22-28)53-46(52-34)40-11-9-21-58(40)48(61)44(27(3)4)55-49(62)64-7/h12-17,22,24-27,32,37-40,44H,8-11,18-21,23H2,1-7H3,(H,51,54)(H,52,53)(H,55,62)/t32-,37?,38?,39-,40-,44-/m0/s1. The van der Waals surface area contributed by atoms with Gasteiger partial charge in [-0.1, -0.05) is 45.9 Å². The summed E-state index contributed by atoms with van der Waals surface area (Å²) in [5.41, 5.74) is 10.6. The highest BCUT2D eigenvalue weighted by molar-refractivity contribution is 5.88. The predicted octanol–water partition coefficient (Wildman–Crippen LogP) is 8.05. The predicted molar refractivity (Wildman–Crippen MR) is 241 cm³/mol. The average molecular weight is 870 g/mol. The van der Waals surface area contributed by atoms with E-state index in [4.69, 9.17) is 24.4 Å². The lowest BCUT2D eigenvalue weighted by Crippen LogP contribution is -2.51. The van der Waals surface area contributed by atoms with E-state index < -0.39 is 18.1 Å². The molecule has 5 aromatic rings. The van der Waals surface area contributed by atoms with Crippen molar-refractivity contribution in [2.75, 3.05) is 34.4 Å². The number of H-pyrrole nitrogens is 2. The van der Waals surface area contributed by atoms with Crippen molar-refractivity contribution in [3.63, 3.8) is 0 Å². The monoisotopic (exact) mass is 869 g/mol. The summed E-state index contributed by atoms with van der Waals surface area (Å²) in [4.78, 5) is 79.9. The molecule has 3 saturated heterocycles. The SMILES string of the molecule is COC(=O)C[C@H](C(=O)N1CCC[C@H]1c1ncc(-c2ccc(-c3ccc(-c4ccc5nc([C@@H]6CCCN6C(=O)[C@@H](NC(=O)OC)C(C)C)[nH]c5c4)c4c3C3CCC4N3C)nc2)[nH]1)C(C)C. The van der Waals surface area contributed by atoms with Crippen LogP contribution in [-0.4, -0.2) is 104 Å². The van der Waals surface area contributed by atoms with Crippen LogP contribution in [0, 0.1) is 17.8 Å². The third-order valence-corrected chi connectivity index (χ3v) is 14.2. The van der Waals surface area contributed by atoms with Crippen LogP contribution < -0.4 is 5.32 Å². The largest absolute Gasteiger partial charge is 0.469 e. The molecule has 7 heterocycles. The summed E-state index contributed by atoms with van der Waals surface area (Å²) in [5, 5.41) is 2.74. The van der Waals surface area contributed by atoms with Gasteiger partial charge >= 0.3 is 12.1 Å². The number of alkyl carbamates (subject to hydrolysis) is 1. The molecule has 0 spiro atoms. The minimum atomic E-state index is -0.696. The Labute approximate surface area is 373 Å². The first-order chi connectivity index (χ1) is 30.9. The van der Waals surface area contributed by atoms with Crippen molar-refractivity contribution in [1.82, 2.24) is 44.9 Å². The molecule has 6 atom stereocenters. The topological polar surface area (TPSA) is 179 Å². The normalized spacial score (nSPS) is 21.5. The van der Waals surface area contributed by atoms with Crippen LogP contribution >= 0.6 is 0 Å². The number of imidazole rings is 2. The maximum absolute atomic E-state index is 13.8. The Morgan fingerprint density at radius 2 is 1.41 bits per heavy atom. The van der Waals surface area contributed by atoms with Crippen LogP contribution in [0.25, 0.3) is 44.7 Å². The van der Waals surface area contributed by atoms with Gasteiger partial charge in [0.15, 0.2) is 0 Å². The highest BCUT2D eigenvalue weighted by Crippen LogP contribution is 2.57. The number of amides is 3. The van der Waals surface area contributed by atoms with Gasteiger partial charge in [-0.15, -0.1) is 0 Å². The molecule has 15 heteroatoms. The molecule has 3 N–H and O–H groups in total. The van der Waals surface area contributed by atoms with Gasteiger partial charge in [0.2, 0.25) is 11.8 Å². The van der Waals surface area contributed by atoms with Gasteiger partial charge < -0.3 is 34.6 Å². The minimum Gasteiger partial charge on any atom is -0.469 e. The molecule has 3 amide bonds. The number of likely N-dealkylation sites (tertiary alicyclic amines) is 2. The number of benzene rings is 2. The number of carbonyl (C=O) groups is 4. The van der Waals surface area contributed by atoms with E-state index in [1.165, 1.54) is 30.9 Å². The maximum Gasteiger partial charge on any atom is 0.407 e. The maximum atomic E-state index is 13.8. The van der Waals surface area contributed by atoms with E-state index in [9.17, 15) is 19.2 Å². The van der Waals surface area contributed by atoms with Crippen molar-refractivity contribution in [3.8, 4) is 33.6 Å². The number of esters is 1. The van der Waals surface area contributed by atoms with Crippen LogP contribution in [0.2, 0.25) is 0 Å². The lowest BCUT2D eigenvalue weighted by molar-refractivity contribution is -0.148. The zero-order chi connectivity index (χ0) is 45.0. The number of hydrogen-bond acceptors (Lipinski definition) is 10. The number of hydrogen-bond donors (Lipinski definition) is 3. The first-order valence-electron chi connectivity index (χ1n) is 22.8. The molecular formula is C49H59N9O6. The van der Waals surface area contributed by atoms with Crippen molar-refractivity contribution >= 4 is 34.9 Å². The number of nitrogens with zero attached hydrogens (tertiary/aromatic N) is 6. The zero-order valence-corrected chi connectivity index (χ0v) is 37.8. The second-order valence-corrected chi connectivity index (χ2v) is 18.6. The van der Waals surface area contributed by atoms with Crippen molar-refractivity contribution in [3.05, 3.63) is 77.6 Å². The van der Waals surface area contributed by atoms with Gasteiger partial charge in [0.1, 0.15) is 17.7 Å². The van der Waals surface area contributed by atoms with Crippen LogP contribution in [0.1, 0.15) is 120 Å². The second kappa shape index (κ2) is 17.5. The lowest BCUT2D eigenvalue weighted by Gasteiger charge is -2.29. The Balaban J connectivity index is 0.962. The molecule has 3 aromatic heterocycles. The van der Waals surface area contributed by atoms with E-state index >= 15 is 0 Å². The van der Waals surface area contributed by atoms with Gasteiger partial charge in [-0.25, -0.2) is 14.8 Å². The van der Waals surface area contributed by atoms with Gasteiger partial charge in [0, 0.05) is 42.5 Å². The first-order valence-corrected chi connectivity index (χ1v) is 22.8. The van der Waals surface area contributed by atoms with Crippen LogP contribution in [0.3, 0.4) is 0 Å². The fourth-order valence-corrected chi connectivity index (χ4v) is 10.8. The molecule has 336 valence electrons. The molecule has 0 radical (unpaired) electrons. The van der Waals surface area contributed by atoms with Gasteiger partial charge in [-0.3, -0.25) is 24.3 Å². The van der Waals surface area contributed by atoms with Crippen molar-refractivity contribution in [1.29, 1.82) is 0 Å². The molecule has 4 aliphatic rings. The molecule has 15 nitrogen and oxygen atoms in total. The smallest absolute Gasteiger partial charge is 0.407 e. The number of nitrogens with one attached hydrogen (secondary N) is 3. The number of methoxy groups -OCH3 is 2. The van der Waals surface area contributed by atoms with E-state index in [1.54, 1.807) is 0 Å². The van der Waals surface area contributed by atoms with E-state index in [-0.39, 0.29) is 48.1 Å². The van der Waals surface area contributed by atoms with Crippen molar-refractivity contribution in [2.45, 2.75) is 103 Å². The summed E-state index contributed by atoms with van der Waals surface area (Å²) in [6, 6.07) is 14.5. The number of aromatic amines is 2. The van der Waals surface area contributed by atoms with E-state index in [1.807, 2.05) is 49.9 Å². The lowest BCUT2D eigenvalue weighted by atomic mass is 9.82. The molecule has 2 aromatic carbocycles. The molecule has 9 rings (SSSR count). The molecule has 0 aliphatic carbocycles. The van der Waals surface area contributed by atoms with Crippen LogP contribution in [0.5, 0.6) is 0 Å². The van der Waals surface area contributed by atoms with Gasteiger partial charge in [0.05, 0.1) is 67.3 Å². The zero-order valence-electron chi connectivity index (χ0n) is 37.8. The highest BCUT2D eigenvalue weighted by Gasteiger charge is 2.45. The number of ether oxygens (including phenoxy) is 2. The molecule has 2 bridgehead atoms. The molecule has 2 unspecified atom stereocenters. The van der Waals surface area contributed by atoms with E-state index in [0.717, 1.165) is 89.3 Å². The number of rotatable bonds is 12. The molecule has 0 saturated carbocycles. The van der Waals surface area contributed by atoms with Gasteiger partial charge in [0.25, 0.3) is 0 Å². The van der Waals surface area contributed by atoms with Gasteiger partial charge in [-0.05, 0) is 104 Å². The van der Waals surface area contributed by atoms with Crippen LogP contribution in [0.4, 0.5) is 4.79 Å². The summed E-state index contributed by atoms with van der Waals surface area (Å²) in [5.74, 6) is 0.386. The van der Waals surface area contributed by atoms with Gasteiger partial charge in [-0.2, -0.15) is 0 Å². The molecule has 3 fully saturated rings. The number of aromatic nitrogens is 5. The highest BCUT2D eigenvalue weighted by atomic mass is 16.5.